The fourth-order valence-corrected chi connectivity index (χ4v) is 2.13. The van der Waals surface area contributed by atoms with Crippen LogP contribution in [0.25, 0.3) is 0 Å². The highest BCUT2D eigenvalue weighted by molar-refractivity contribution is 6.65. The number of nitrogens with two attached hydrogens (primary N) is 1. The van der Waals surface area contributed by atoms with Crippen molar-refractivity contribution in [2.24, 2.45) is 5.73 Å². The molecule has 0 aliphatic heterocycles. The summed E-state index contributed by atoms with van der Waals surface area (Å²) in [4.78, 5) is 0. The molecule has 0 bridgehead atoms. The lowest BCUT2D eigenvalue weighted by Crippen LogP contribution is -2.36. The van der Waals surface area contributed by atoms with E-state index in [4.69, 9.17) is 19.7 Å². The minimum absolute atomic E-state index is 0.718. The number of rotatable bonds is 5. The largest absolute Gasteiger partial charge is 0.400 e. The molecule has 5 heteroatoms. The van der Waals surface area contributed by atoms with E-state index in [2.05, 4.69) is 0 Å². The summed E-state index contributed by atoms with van der Waals surface area (Å²) in [6.07, 6.45) is 0.990. The molecule has 3 N–H and O–H groups in total. The third-order valence-electron chi connectivity index (χ3n) is 1.70. The molecule has 0 saturated carbocycles. The fraction of sp³-hybridized carbons (Fsp3) is 1.00. The van der Waals surface area contributed by atoms with Crippen LogP contribution in [0.3, 0.4) is 0 Å². The number of aliphatic hydroxyl groups is 1. The zero-order valence-electron chi connectivity index (χ0n) is 8.46. The van der Waals surface area contributed by atoms with Gasteiger partial charge in [0.2, 0.25) is 0 Å². The first-order valence-electron chi connectivity index (χ1n) is 3.93. The average Bonchev–Trinajstić information content (AvgIpc) is 2.17. The van der Waals surface area contributed by atoms with Gasteiger partial charge in [-0.25, -0.2) is 0 Å². The van der Waals surface area contributed by atoms with Crippen LogP contribution in [-0.2, 0) is 8.85 Å². The number of hydrogen-bond donors (Lipinski definition) is 2. The standard InChI is InChI=1S/C6H17NO2Si.CH4O/c1-8-10(3,9-2)6-4-5-7;1-2/h4-7H2,1-3H3;2H,1H3. The first kappa shape index (κ1) is 14.6. The fourth-order valence-electron chi connectivity index (χ4n) is 0.711. The highest BCUT2D eigenvalue weighted by Crippen LogP contribution is 2.12. The lowest BCUT2D eigenvalue weighted by atomic mass is 10.5. The first-order valence-corrected chi connectivity index (χ1v) is 6.46. The van der Waals surface area contributed by atoms with Crippen LogP contribution in [0.2, 0.25) is 12.6 Å². The van der Waals surface area contributed by atoms with Gasteiger partial charge in [0.25, 0.3) is 0 Å². The summed E-state index contributed by atoms with van der Waals surface area (Å²) in [6, 6.07) is 0.983. The van der Waals surface area contributed by atoms with Crippen molar-refractivity contribution < 1.29 is 14.0 Å². The Labute approximate surface area is 75.9 Å². The van der Waals surface area contributed by atoms with Crippen molar-refractivity contribution in [3.05, 3.63) is 0 Å². The molecule has 0 heterocycles. The topological polar surface area (TPSA) is 64.7 Å². The second-order valence-corrected chi connectivity index (χ2v) is 6.02. The molecule has 0 spiro atoms. The predicted molar refractivity (Wildman–Crippen MR) is 52.3 cm³/mol. The quantitative estimate of drug-likeness (QED) is 0.620. The first-order chi connectivity index (χ1) is 5.68. The molecule has 0 saturated heterocycles. The Bertz CT molecular complexity index is 88.7. The zero-order valence-corrected chi connectivity index (χ0v) is 9.46. The van der Waals surface area contributed by atoms with Gasteiger partial charge in [0, 0.05) is 21.3 Å². The Hall–Kier alpha value is 0.0569. The van der Waals surface area contributed by atoms with E-state index in [0.717, 1.165) is 26.1 Å². The SMILES string of the molecule is CO.CO[Si](C)(CCCN)OC. The summed E-state index contributed by atoms with van der Waals surface area (Å²) >= 11 is 0. The third-order valence-corrected chi connectivity index (χ3v) is 4.69. The molecule has 0 unspecified atom stereocenters. The van der Waals surface area contributed by atoms with E-state index in [0.29, 0.717) is 0 Å². The van der Waals surface area contributed by atoms with Gasteiger partial charge in [0.1, 0.15) is 0 Å². The number of aliphatic hydroxyl groups excluding tert-OH is 1. The Morgan fingerprint density at radius 1 is 1.25 bits per heavy atom. The van der Waals surface area contributed by atoms with E-state index in [1.165, 1.54) is 0 Å². The van der Waals surface area contributed by atoms with Crippen LogP contribution >= 0.6 is 0 Å². The van der Waals surface area contributed by atoms with E-state index < -0.39 is 8.56 Å². The molecule has 0 aliphatic rings. The van der Waals surface area contributed by atoms with Crippen LogP contribution in [0.4, 0.5) is 0 Å². The van der Waals surface area contributed by atoms with E-state index >= 15 is 0 Å². The van der Waals surface area contributed by atoms with Crippen LogP contribution in [0.5, 0.6) is 0 Å². The van der Waals surface area contributed by atoms with Gasteiger partial charge < -0.3 is 19.7 Å². The molecule has 12 heavy (non-hydrogen) atoms. The second-order valence-electron chi connectivity index (χ2n) is 2.43. The minimum atomic E-state index is -1.80. The third kappa shape index (κ3) is 6.75. The van der Waals surface area contributed by atoms with E-state index in [1.54, 1.807) is 14.2 Å². The van der Waals surface area contributed by atoms with Gasteiger partial charge in [-0.05, 0) is 25.6 Å². The van der Waals surface area contributed by atoms with Crippen LogP contribution < -0.4 is 5.73 Å². The van der Waals surface area contributed by atoms with Crippen molar-refractivity contribution in [1.82, 2.24) is 0 Å². The highest BCUT2D eigenvalue weighted by atomic mass is 28.4. The van der Waals surface area contributed by atoms with Crippen LogP contribution in [0.15, 0.2) is 0 Å². The van der Waals surface area contributed by atoms with Crippen molar-refractivity contribution in [1.29, 1.82) is 0 Å². The summed E-state index contributed by atoms with van der Waals surface area (Å²) in [5.74, 6) is 0. The maximum Gasteiger partial charge on any atom is 0.334 e. The molecule has 0 aliphatic carbocycles. The summed E-state index contributed by atoms with van der Waals surface area (Å²) < 4.78 is 10.5. The highest BCUT2D eigenvalue weighted by Gasteiger charge is 2.27. The van der Waals surface area contributed by atoms with Crippen molar-refractivity contribution in [2.75, 3.05) is 27.9 Å². The van der Waals surface area contributed by atoms with Gasteiger partial charge in [0.15, 0.2) is 0 Å². The smallest absolute Gasteiger partial charge is 0.334 e. The molecule has 0 aromatic heterocycles. The molecule has 0 atom stereocenters. The lowest BCUT2D eigenvalue weighted by Gasteiger charge is -2.21. The summed E-state index contributed by atoms with van der Waals surface area (Å²) in [5, 5.41) is 7.00. The summed E-state index contributed by atoms with van der Waals surface area (Å²) in [7, 11) is 2.60. The zero-order chi connectivity index (χ0) is 10.0. The Morgan fingerprint density at radius 3 is 1.92 bits per heavy atom. The monoisotopic (exact) mass is 195 g/mol. The minimum Gasteiger partial charge on any atom is -0.400 e. The average molecular weight is 195 g/mol. The van der Waals surface area contributed by atoms with Gasteiger partial charge in [-0.3, -0.25) is 0 Å². The van der Waals surface area contributed by atoms with E-state index in [1.807, 2.05) is 6.55 Å². The number of hydrogen-bond acceptors (Lipinski definition) is 4. The van der Waals surface area contributed by atoms with Gasteiger partial charge in [-0.2, -0.15) is 0 Å². The van der Waals surface area contributed by atoms with E-state index in [-0.39, 0.29) is 0 Å². The van der Waals surface area contributed by atoms with Gasteiger partial charge in [-0.1, -0.05) is 0 Å². The van der Waals surface area contributed by atoms with Crippen LogP contribution in [0.1, 0.15) is 6.42 Å². The van der Waals surface area contributed by atoms with Gasteiger partial charge >= 0.3 is 8.56 Å². The van der Waals surface area contributed by atoms with Crippen molar-refractivity contribution in [3.8, 4) is 0 Å². The van der Waals surface area contributed by atoms with Crippen molar-refractivity contribution >= 4 is 8.56 Å². The summed E-state index contributed by atoms with van der Waals surface area (Å²) in [5.41, 5.74) is 5.36. The van der Waals surface area contributed by atoms with Gasteiger partial charge in [-0.15, -0.1) is 0 Å². The Kier molecular flexibility index (Phi) is 11.1. The molecule has 0 rings (SSSR count). The summed E-state index contributed by atoms with van der Waals surface area (Å²) in [6.45, 7) is 2.76. The Balaban J connectivity index is 0. The van der Waals surface area contributed by atoms with Crippen molar-refractivity contribution in [3.63, 3.8) is 0 Å². The normalized spacial score (nSPS) is 10.5. The molecule has 0 aromatic carbocycles. The van der Waals surface area contributed by atoms with Crippen LogP contribution in [-0.4, -0.2) is 41.5 Å². The molecule has 0 amide bonds. The maximum absolute atomic E-state index is 7.00. The molecular formula is C7H21NO3Si. The molecular weight excluding hydrogens is 174 g/mol. The predicted octanol–water partition coefficient (Wildman–Crippen LogP) is 0.308. The molecule has 0 radical (unpaired) electrons. The van der Waals surface area contributed by atoms with Crippen LogP contribution in [0, 0.1) is 0 Å². The second kappa shape index (κ2) is 9.15. The van der Waals surface area contributed by atoms with Gasteiger partial charge in [0.05, 0.1) is 0 Å². The maximum atomic E-state index is 7.00. The molecule has 0 fully saturated rings. The van der Waals surface area contributed by atoms with E-state index in [9.17, 15) is 0 Å². The molecule has 76 valence electrons. The molecule has 4 nitrogen and oxygen atoms in total. The molecule has 0 aromatic rings. The Morgan fingerprint density at radius 2 is 1.67 bits per heavy atom. The lowest BCUT2D eigenvalue weighted by molar-refractivity contribution is 0.249. The van der Waals surface area contributed by atoms with Crippen molar-refractivity contribution in [2.45, 2.75) is 19.0 Å².